The van der Waals surface area contributed by atoms with E-state index in [0.717, 1.165) is 23.5 Å². The van der Waals surface area contributed by atoms with Crippen molar-refractivity contribution in [3.05, 3.63) is 23.8 Å². The number of anilines is 2. The minimum atomic E-state index is 0.541. The summed E-state index contributed by atoms with van der Waals surface area (Å²) in [7, 11) is 0. The first-order chi connectivity index (χ1) is 6.59. The highest BCUT2D eigenvalue weighted by Gasteiger charge is 2.36. The Balaban J connectivity index is 1.99. The Labute approximate surface area is 85.5 Å². The minimum Gasteiger partial charge on any atom is -0.398 e. The van der Waals surface area contributed by atoms with Crippen molar-refractivity contribution < 1.29 is 0 Å². The molecule has 1 aromatic rings. The van der Waals surface area contributed by atoms with Crippen LogP contribution in [-0.2, 0) is 0 Å². The maximum atomic E-state index is 5.84. The van der Waals surface area contributed by atoms with Gasteiger partial charge >= 0.3 is 0 Å². The molecule has 1 aromatic carbocycles. The number of aryl methyl sites for hydroxylation is 1. The fourth-order valence-electron chi connectivity index (χ4n) is 1.46. The molecule has 0 radical (unpaired) electrons. The van der Waals surface area contributed by atoms with Crippen LogP contribution < -0.4 is 11.1 Å². The van der Waals surface area contributed by atoms with Crippen LogP contribution in [0.4, 0.5) is 11.4 Å². The molecular weight excluding hydrogens is 172 g/mol. The van der Waals surface area contributed by atoms with Gasteiger partial charge in [0.25, 0.3) is 0 Å². The zero-order valence-corrected chi connectivity index (χ0v) is 8.93. The average Bonchev–Trinajstić information content (AvgIpc) is 2.87. The molecule has 3 N–H and O–H groups in total. The first kappa shape index (κ1) is 9.38. The fourth-order valence-corrected chi connectivity index (χ4v) is 1.46. The number of nitrogens with one attached hydrogen (secondary N) is 1. The van der Waals surface area contributed by atoms with Crippen LogP contribution in [-0.4, -0.2) is 6.54 Å². The molecule has 0 atom stereocenters. The Morgan fingerprint density at radius 3 is 2.71 bits per heavy atom. The second-order valence-electron chi connectivity index (χ2n) is 4.74. The predicted molar refractivity (Wildman–Crippen MR) is 61.4 cm³/mol. The molecule has 1 fully saturated rings. The smallest absolute Gasteiger partial charge is 0.0364 e. The normalized spacial score (nSPS) is 17.9. The number of benzene rings is 1. The number of rotatable bonds is 3. The third-order valence-corrected chi connectivity index (χ3v) is 3.10. The first-order valence-electron chi connectivity index (χ1n) is 5.19. The molecule has 0 aliphatic heterocycles. The highest BCUT2D eigenvalue weighted by atomic mass is 14.9. The van der Waals surface area contributed by atoms with Gasteiger partial charge in [0, 0.05) is 17.9 Å². The van der Waals surface area contributed by atoms with Crippen molar-refractivity contribution >= 4 is 11.4 Å². The van der Waals surface area contributed by atoms with Crippen molar-refractivity contribution in [3.63, 3.8) is 0 Å². The molecule has 0 bridgehead atoms. The van der Waals surface area contributed by atoms with Gasteiger partial charge in [0.15, 0.2) is 0 Å². The second kappa shape index (κ2) is 3.19. The van der Waals surface area contributed by atoms with Gasteiger partial charge in [0.1, 0.15) is 0 Å². The van der Waals surface area contributed by atoms with E-state index in [9.17, 15) is 0 Å². The molecule has 0 spiro atoms. The summed E-state index contributed by atoms with van der Waals surface area (Å²) in [5, 5.41) is 3.44. The minimum absolute atomic E-state index is 0.541. The van der Waals surface area contributed by atoms with E-state index in [1.807, 2.05) is 13.0 Å². The van der Waals surface area contributed by atoms with Crippen LogP contribution >= 0.6 is 0 Å². The van der Waals surface area contributed by atoms with Crippen LogP contribution in [0, 0.1) is 12.3 Å². The van der Waals surface area contributed by atoms with Crippen LogP contribution in [0.5, 0.6) is 0 Å². The van der Waals surface area contributed by atoms with Crippen LogP contribution in [0.25, 0.3) is 0 Å². The summed E-state index contributed by atoms with van der Waals surface area (Å²) in [6.45, 7) is 5.41. The number of nitrogens with two attached hydrogens (primary N) is 1. The Kier molecular flexibility index (Phi) is 2.14. The molecule has 0 unspecified atom stereocenters. The van der Waals surface area contributed by atoms with Gasteiger partial charge in [-0.25, -0.2) is 0 Å². The van der Waals surface area contributed by atoms with Gasteiger partial charge < -0.3 is 11.1 Å². The molecular formula is C12H18N2. The van der Waals surface area contributed by atoms with E-state index >= 15 is 0 Å². The molecule has 2 rings (SSSR count). The van der Waals surface area contributed by atoms with Gasteiger partial charge in [-0.1, -0.05) is 13.0 Å². The third-order valence-electron chi connectivity index (χ3n) is 3.10. The lowest BCUT2D eigenvalue weighted by atomic mass is 10.1. The zero-order chi connectivity index (χ0) is 10.2. The molecule has 1 saturated carbocycles. The molecule has 0 amide bonds. The van der Waals surface area contributed by atoms with Crippen LogP contribution in [0.15, 0.2) is 18.2 Å². The average molecular weight is 190 g/mol. The molecule has 0 saturated heterocycles. The van der Waals surface area contributed by atoms with E-state index < -0.39 is 0 Å². The van der Waals surface area contributed by atoms with Crippen molar-refractivity contribution in [1.29, 1.82) is 0 Å². The monoisotopic (exact) mass is 190 g/mol. The standard InChI is InChI=1S/C12H18N2/c1-9-3-4-10(7-11(9)13)14-8-12(2)5-6-12/h3-4,7,14H,5-6,8,13H2,1-2H3. The molecule has 1 aliphatic carbocycles. The Bertz CT molecular complexity index is 340. The van der Waals surface area contributed by atoms with Crippen molar-refractivity contribution in [2.24, 2.45) is 5.41 Å². The third kappa shape index (κ3) is 2.00. The maximum absolute atomic E-state index is 5.84. The van der Waals surface area contributed by atoms with Crippen molar-refractivity contribution in [3.8, 4) is 0 Å². The van der Waals surface area contributed by atoms with E-state index in [0.29, 0.717) is 5.41 Å². The quantitative estimate of drug-likeness (QED) is 0.719. The van der Waals surface area contributed by atoms with Crippen molar-refractivity contribution in [2.75, 3.05) is 17.6 Å². The summed E-state index contributed by atoms with van der Waals surface area (Å²) < 4.78 is 0. The SMILES string of the molecule is Cc1ccc(NCC2(C)CC2)cc1N. The van der Waals surface area contributed by atoms with Gasteiger partial charge in [0.05, 0.1) is 0 Å². The molecule has 0 heterocycles. The molecule has 2 heteroatoms. The molecule has 1 aliphatic rings. The second-order valence-corrected chi connectivity index (χ2v) is 4.74. The zero-order valence-electron chi connectivity index (χ0n) is 8.93. The Hall–Kier alpha value is -1.18. The van der Waals surface area contributed by atoms with E-state index in [-0.39, 0.29) is 0 Å². The summed E-state index contributed by atoms with van der Waals surface area (Å²) in [4.78, 5) is 0. The number of hydrogen-bond donors (Lipinski definition) is 2. The van der Waals surface area contributed by atoms with Crippen LogP contribution in [0.2, 0.25) is 0 Å². The van der Waals surface area contributed by atoms with Gasteiger partial charge in [0.2, 0.25) is 0 Å². The lowest BCUT2D eigenvalue weighted by Gasteiger charge is -2.12. The lowest BCUT2D eigenvalue weighted by Crippen LogP contribution is -2.11. The molecule has 0 aromatic heterocycles. The van der Waals surface area contributed by atoms with E-state index in [4.69, 9.17) is 5.73 Å². The summed E-state index contributed by atoms with van der Waals surface area (Å²) in [6.07, 6.45) is 2.70. The largest absolute Gasteiger partial charge is 0.398 e. The van der Waals surface area contributed by atoms with Gasteiger partial charge in [-0.15, -0.1) is 0 Å². The number of nitrogen functional groups attached to an aromatic ring is 1. The van der Waals surface area contributed by atoms with Gasteiger partial charge in [-0.3, -0.25) is 0 Å². The highest BCUT2D eigenvalue weighted by molar-refractivity contribution is 5.58. The van der Waals surface area contributed by atoms with Crippen molar-refractivity contribution in [1.82, 2.24) is 0 Å². The lowest BCUT2D eigenvalue weighted by molar-refractivity contribution is 0.611. The highest BCUT2D eigenvalue weighted by Crippen LogP contribution is 2.44. The topological polar surface area (TPSA) is 38.0 Å². The van der Waals surface area contributed by atoms with Gasteiger partial charge in [-0.2, -0.15) is 0 Å². The van der Waals surface area contributed by atoms with E-state index in [1.54, 1.807) is 0 Å². The Morgan fingerprint density at radius 2 is 2.14 bits per heavy atom. The van der Waals surface area contributed by atoms with Crippen LogP contribution in [0.1, 0.15) is 25.3 Å². The summed E-state index contributed by atoms with van der Waals surface area (Å²) in [6, 6.07) is 6.17. The molecule has 14 heavy (non-hydrogen) atoms. The number of hydrogen-bond acceptors (Lipinski definition) is 2. The van der Waals surface area contributed by atoms with Gasteiger partial charge in [-0.05, 0) is 42.9 Å². The van der Waals surface area contributed by atoms with Crippen molar-refractivity contribution in [2.45, 2.75) is 26.7 Å². The predicted octanol–water partition coefficient (Wildman–Crippen LogP) is 2.79. The summed E-state index contributed by atoms with van der Waals surface area (Å²) in [5.41, 5.74) is 9.53. The van der Waals surface area contributed by atoms with E-state index in [1.165, 1.54) is 12.8 Å². The Morgan fingerprint density at radius 1 is 1.43 bits per heavy atom. The summed E-state index contributed by atoms with van der Waals surface area (Å²) >= 11 is 0. The van der Waals surface area contributed by atoms with Crippen LogP contribution in [0.3, 0.4) is 0 Å². The maximum Gasteiger partial charge on any atom is 0.0364 e. The fraction of sp³-hybridized carbons (Fsp3) is 0.500. The molecule has 2 nitrogen and oxygen atoms in total. The molecule has 76 valence electrons. The van der Waals surface area contributed by atoms with E-state index in [2.05, 4.69) is 24.4 Å². The first-order valence-corrected chi connectivity index (χ1v) is 5.19. The summed E-state index contributed by atoms with van der Waals surface area (Å²) in [5.74, 6) is 0.